The molecule has 0 saturated carbocycles. The van der Waals surface area contributed by atoms with E-state index in [2.05, 4.69) is 287 Å². The van der Waals surface area contributed by atoms with Crippen LogP contribution in [0.3, 0.4) is 0 Å². The van der Waals surface area contributed by atoms with Gasteiger partial charge >= 0.3 is 0 Å². The molecule has 0 spiro atoms. The highest BCUT2D eigenvalue weighted by molar-refractivity contribution is 6.04. The second kappa shape index (κ2) is 73.5. The molecule has 149 heavy (non-hydrogen) atoms. The van der Waals surface area contributed by atoms with E-state index in [1.54, 1.807) is 28.2 Å². The van der Waals surface area contributed by atoms with Crippen LogP contribution >= 0.6 is 0 Å². The first kappa shape index (κ1) is 134. The SMILES string of the molecule is CCCCCN(C)C1=NC(C)NC(=NC)N1C.CCCCCNC1=NC(N(C)C)=NC(C)N1.CCCCN(C)C1=NC(C)NC(=NC)N1C.CCCCNC1=NC(N(C)C)=NC(C)N1.CCCN(C)C1=NC(C)NC(=NC)N1C.CCCN(C)C1=NC(N(C)C)=NC(C)N1.CCCNC1=NC(N(C)C)=NC(C)N1.CCN(C)C1=NC(C)NC(=NC)N1C.CCN(C)C1=NC(N(C)C)=NC(C)N1.CCNC1=NC(N(C)C)=NC(C)N1. The average molecular weight is 2100 g/mol. The molecule has 0 bridgehead atoms. The predicted molar refractivity (Wildman–Crippen MR) is 636 cm³/mol. The van der Waals surface area contributed by atoms with E-state index in [0.29, 0.717) is 0 Å². The summed E-state index contributed by atoms with van der Waals surface area (Å²) in [6.07, 6.45) is 16.3. The molecular weight excluding hydrogens is 1890 g/mol. The lowest BCUT2D eigenvalue weighted by Gasteiger charge is -2.35. The van der Waals surface area contributed by atoms with E-state index < -0.39 is 0 Å². The van der Waals surface area contributed by atoms with Gasteiger partial charge in [0.25, 0.3) is 0 Å². The Morgan fingerprint density at radius 3 is 0.752 bits per heavy atom. The normalized spacial score (nSPS) is 21.7. The summed E-state index contributed by atoms with van der Waals surface area (Å²) in [5, 5.41) is 44.9. The van der Waals surface area contributed by atoms with Gasteiger partial charge in [0.2, 0.25) is 119 Å². The Morgan fingerprint density at radius 2 is 0.477 bits per heavy atom. The van der Waals surface area contributed by atoms with Gasteiger partial charge in [-0.05, 0) is 135 Å². The van der Waals surface area contributed by atoms with E-state index in [-0.39, 0.29) is 61.7 Å². The van der Waals surface area contributed by atoms with Crippen molar-refractivity contribution in [1.29, 1.82) is 0 Å². The number of hydrogen-bond donors (Lipinski definition) is 14. The molecule has 0 radical (unpaired) electrons. The number of unbranched alkanes of at least 4 members (excludes halogenated alkanes) is 6. The minimum atomic E-state index is 0.0866. The highest BCUT2D eigenvalue weighted by atomic mass is 15.5. The first-order valence-electron chi connectivity index (χ1n) is 53.5. The van der Waals surface area contributed by atoms with Gasteiger partial charge < -0.3 is 133 Å². The fourth-order valence-corrected chi connectivity index (χ4v) is 14.1. The van der Waals surface area contributed by atoms with Crippen LogP contribution in [0.4, 0.5) is 0 Å². The van der Waals surface area contributed by atoms with Gasteiger partial charge in [0.05, 0.1) is 0 Å². The van der Waals surface area contributed by atoms with Crippen molar-refractivity contribution in [1.82, 2.24) is 153 Å². The second-order valence-electron chi connectivity index (χ2n) is 38.1. The van der Waals surface area contributed by atoms with E-state index in [9.17, 15) is 0 Å². The summed E-state index contributed by atoms with van der Waals surface area (Å²) in [6.45, 7) is 51.3. The molecule has 10 heterocycles. The van der Waals surface area contributed by atoms with E-state index in [1.807, 2.05) is 259 Å². The van der Waals surface area contributed by atoms with Crippen molar-refractivity contribution in [3.05, 3.63) is 0 Å². The molecule has 10 atom stereocenters. The van der Waals surface area contributed by atoms with Crippen LogP contribution in [0, 0.1) is 0 Å². The Hall–Kier alpha value is -12.6. The predicted octanol–water partition coefficient (Wildman–Crippen LogP) is 5.31. The number of nitrogens with one attached hydrogen (secondary N) is 14. The number of nitrogens with zero attached hydrogens (tertiary/aromatic N) is 36. The van der Waals surface area contributed by atoms with Gasteiger partial charge in [-0.25, -0.2) is 49.9 Å². The maximum absolute atomic E-state index is 4.62. The summed E-state index contributed by atoms with van der Waals surface area (Å²) in [5.74, 6) is 17.1. The van der Waals surface area contributed by atoms with Crippen LogP contribution in [0.15, 0.2) is 99.8 Å². The molecule has 50 nitrogen and oxygen atoms in total. The van der Waals surface area contributed by atoms with Crippen molar-refractivity contribution in [2.24, 2.45) is 99.8 Å². The highest BCUT2D eigenvalue weighted by Gasteiger charge is 2.30. The summed E-state index contributed by atoms with van der Waals surface area (Å²) < 4.78 is 0. The average Bonchev–Trinajstić information content (AvgIpc) is 0.824. The number of guanidine groups is 20. The molecule has 50 heteroatoms. The van der Waals surface area contributed by atoms with Crippen LogP contribution in [0.1, 0.15) is 222 Å². The Morgan fingerprint density at radius 1 is 0.235 bits per heavy atom. The van der Waals surface area contributed by atoms with Crippen LogP contribution in [0.25, 0.3) is 0 Å². The molecule has 14 N–H and O–H groups in total. The summed E-state index contributed by atoms with van der Waals surface area (Å²) in [6, 6.07) is 0. The van der Waals surface area contributed by atoms with Gasteiger partial charge in [-0.15, -0.1) is 0 Å². The van der Waals surface area contributed by atoms with E-state index in [4.69, 9.17) is 0 Å². The lowest BCUT2D eigenvalue weighted by Crippen LogP contribution is -2.55. The lowest BCUT2D eigenvalue weighted by atomic mass is 10.2. The van der Waals surface area contributed by atoms with Crippen LogP contribution in [0.2, 0.25) is 0 Å². The molecule has 0 aliphatic carbocycles. The smallest absolute Gasteiger partial charge is 0.225 e. The standard InChI is InChI=1S/C12H25N5.2C11H23N5.3C10H21N5.3C9H19N5.C8H17N5/c1-6-7-8-9-16(4)12-15-10(2)14-11(13-3)17(12)5;1-6-7-8-15(4)11-14-9(2)13-10(12-3)16(11)5;1-5-6-7-8-12-10-13-9(2)14-11(15-10)16(3)4;1-6-7-15(5)10-12-8(2)11-9(13-10)14(3)4;1-6-7-14(4)10-13-8(2)12-9(11-3)15(10)5;1-5-6-7-11-9-12-8(2)13-10(14-9)15(3)4;1-6-14(5)9-11-7(2)10-8(12-9)13(3)4;1-6-13(4)9-12-7(2)11-8(10-3)14(9)5;1-5-6-10-8-11-7(2)12-9(13-8)14(3)4;1-5-9-7-10-6(2)11-8(12-7)13(3)4/h10H,6-9H2,1-5H3,(H,13,14);9H,6-8H2,1-5H3,(H,12,13);9H,5-8H2,1-4H3,(H2,12,13,14,15);8H,6-7H2,1-5H3,(H,11,12,13);8H,6-7H2,1-5H3,(H,11,12);8H,5-7H2,1-4H3,(H2,11,12,13,14);7H,6H2,1-5H3,(H,10,11,12);7H,6H2,1-5H3,(H,10,11);7H,5-6H2,1-4H3,(H2,10,11,12,13);6H,5H2,1-4H3,(H2,9,10,11,12). The quantitative estimate of drug-likeness (QED) is 0.0576. The van der Waals surface area contributed by atoms with Gasteiger partial charge in [-0.3, -0.25) is 39.6 Å². The molecular formula is C99H208N50. The molecule has 0 aromatic heterocycles. The summed E-state index contributed by atoms with van der Waals surface area (Å²) in [4.78, 5) is 120. The largest absolute Gasteiger partial charge is 0.356 e. The van der Waals surface area contributed by atoms with Crippen molar-refractivity contribution in [2.45, 2.75) is 284 Å². The Bertz CT molecular complexity index is 4460. The molecule has 0 aromatic carbocycles. The van der Waals surface area contributed by atoms with Crippen molar-refractivity contribution in [3.63, 3.8) is 0 Å². The Balaban J connectivity index is 0.000000828. The monoisotopic (exact) mass is 2100 g/mol. The summed E-state index contributed by atoms with van der Waals surface area (Å²) >= 11 is 0. The number of rotatable bonds is 23. The van der Waals surface area contributed by atoms with E-state index in [0.717, 1.165) is 210 Å². The molecule has 10 aliphatic heterocycles. The van der Waals surface area contributed by atoms with Gasteiger partial charge in [-0.2, -0.15) is 30.0 Å². The first-order chi connectivity index (χ1) is 70.5. The van der Waals surface area contributed by atoms with Crippen molar-refractivity contribution in [2.75, 3.05) is 249 Å². The van der Waals surface area contributed by atoms with Crippen molar-refractivity contribution < 1.29 is 0 Å². The third-order valence-corrected chi connectivity index (χ3v) is 22.4. The minimum Gasteiger partial charge on any atom is -0.356 e. The van der Waals surface area contributed by atoms with Gasteiger partial charge in [0.15, 0.2) is 0 Å². The topological polar surface area (TPSA) is 467 Å². The van der Waals surface area contributed by atoms with Crippen LogP contribution in [-0.2, 0) is 0 Å². The zero-order valence-electron chi connectivity index (χ0n) is 101. The summed E-state index contributed by atoms with van der Waals surface area (Å²) in [7, 11) is 50.8. The Kier molecular flexibility index (Phi) is 66.3. The zero-order valence-corrected chi connectivity index (χ0v) is 101. The maximum atomic E-state index is 4.62. The molecule has 0 aromatic rings. The fourth-order valence-electron chi connectivity index (χ4n) is 14.1. The van der Waals surface area contributed by atoms with Gasteiger partial charge in [-0.1, -0.05) is 87.0 Å². The number of aliphatic imine (C=N–C) groups is 20. The third kappa shape index (κ3) is 51.5. The molecule has 10 aliphatic rings. The lowest BCUT2D eigenvalue weighted by molar-refractivity contribution is 0.409. The van der Waals surface area contributed by atoms with Crippen molar-refractivity contribution in [3.8, 4) is 0 Å². The molecule has 0 amide bonds. The van der Waals surface area contributed by atoms with Crippen LogP contribution < -0.4 is 74.4 Å². The van der Waals surface area contributed by atoms with Crippen LogP contribution in [-0.4, -0.2) is 508 Å². The van der Waals surface area contributed by atoms with Crippen LogP contribution in [0.5, 0.6) is 0 Å². The molecule has 0 fully saturated rings. The molecule has 0 saturated heterocycles. The Labute approximate surface area is 899 Å². The molecule has 10 unspecified atom stereocenters. The highest BCUT2D eigenvalue weighted by Crippen LogP contribution is 2.14. The third-order valence-electron chi connectivity index (χ3n) is 22.4. The zero-order chi connectivity index (χ0) is 113. The first-order valence-corrected chi connectivity index (χ1v) is 53.5. The molecule has 854 valence electrons. The van der Waals surface area contributed by atoms with E-state index in [1.165, 1.54) is 57.8 Å². The van der Waals surface area contributed by atoms with E-state index >= 15 is 0 Å². The second-order valence-corrected chi connectivity index (χ2v) is 38.1. The molecule has 10 rings (SSSR count). The van der Waals surface area contributed by atoms with Gasteiger partial charge in [0, 0.05) is 249 Å². The van der Waals surface area contributed by atoms with Crippen molar-refractivity contribution >= 4 is 119 Å². The van der Waals surface area contributed by atoms with Gasteiger partial charge in [0.1, 0.15) is 61.7 Å². The fraction of sp³-hybridized carbons (Fsp3) is 0.798. The number of hydrogen-bond acceptors (Lipinski definition) is 42. The summed E-state index contributed by atoms with van der Waals surface area (Å²) in [5.41, 5.74) is 0. The maximum Gasteiger partial charge on any atom is 0.225 e. The minimum absolute atomic E-state index is 0.0866.